The van der Waals surface area contributed by atoms with Crippen molar-refractivity contribution in [1.82, 2.24) is 5.32 Å². The SMILES string of the molecule is CC(=O)c1csc(C(=O)NCCC(O)c2ccccc2)c1. The molecule has 1 heterocycles. The fraction of sp³-hybridized carbons (Fsp3) is 0.250. The number of benzene rings is 1. The van der Waals surface area contributed by atoms with Gasteiger partial charge < -0.3 is 10.4 Å². The number of nitrogens with one attached hydrogen (secondary N) is 1. The highest BCUT2D eigenvalue weighted by Crippen LogP contribution is 2.17. The zero-order chi connectivity index (χ0) is 15.2. The van der Waals surface area contributed by atoms with E-state index in [1.807, 2.05) is 30.3 Å². The molecule has 0 bridgehead atoms. The third-order valence-electron chi connectivity index (χ3n) is 3.12. The number of carbonyl (C=O) groups excluding carboxylic acids is 2. The van der Waals surface area contributed by atoms with Gasteiger partial charge >= 0.3 is 0 Å². The third-order valence-corrected chi connectivity index (χ3v) is 4.05. The molecule has 2 rings (SSSR count). The molecule has 1 atom stereocenters. The molecule has 0 fully saturated rings. The highest BCUT2D eigenvalue weighted by molar-refractivity contribution is 7.12. The average Bonchev–Trinajstić information content (AvgIpc) is 2.98. The van der Waals surface area contributed by atoms with Crippen LogP contribution in [-0.2, 0) is 0 Å². The van der Waals surface area contributed by atoms with E-state index in [2.05, 4.69) is 5.32 Å². The molecule has 0 aliphatic rings. The van der Waals surface area contributed by atoms with Crippen molar-refractivity contribution in [3.05, 3.63) is 57.8 Å². The molecule has 1 amide bonds. The van der Waals surface area contributed by atoms with Gasteiger partial charge in [-0.2, -0.15) is 0 Å². The summed E-state index contributed by atoms with van der Waals surface area (Å²) >= 11 is 1.25. The molecule has 1 aromatic carbocycles. The van der Waals surface area contributed by atoms with E-state index in [0.717, 1.165) is 5.56 Å². The third kappa shape index (κ3) is 4.24. The lowest BCUT2D eigenvalue weighted by Crippen LogP contribution is -2.24. The Morgan fingerprint density at radius 2 is 2.00 bits per heavy atom. The Bertz CT molecular complexity index is 621. The summed E-state index contributed by atoms with van der Waals surface area (Å²) in [5.74, 6) is -0.266. The molecule has 1 unspecified atom stereocenters. The van der Waals surface area contributed by atoms with E-state index < -0.39 is 6.10 Å². The van der Waals surface area contributed by atoms with Crippen LogP contribution in [0.25, 0.3) is 0 Å². The molecule has 0 radical (unpaired) electrons. The van der Waals surface area contributed by atoms with Crippen molar-refractivity contribution >= 4 is 23.0 Å². The number of thiophene rings is 1. The molecule has 0 saturated carbocycles. The molecule has 2 aromatic rings. The van der Waals surface area contributed by atoms with E-state index in [1.165, 1.54) is 18.3 Å². The Kier molecular flexibility index (Phi) is 5.25. The summed E-state index contributed by atoms with van der Waals surface area (Å²) in [5, 5.41) is 14.4. The summed E-state index contributed by atoms with van der Waals surface area (Å²) in [6, 6.07) is 10.9. The topological polar surface area (TPSA) is 66.4 Å². The van der Waals surface area contributed by atoms with Crippen molar-refractivity contribution in [3.63, 3.8) is 0 Å². The van der Waals surface area contributed by atoms with Crippen LogP contribution in [0.4, 0.5) is 0 Å². The normalized spacial score (nSPS) is 11.9. The largest absolute Gasteiger partial charge is 0.388 e. The molecule has 1 aromatic heterocycles. The lowest BCUT2D eigenvalue weighted by Gasteiger charge is -2.11. The average molecular weight is 303 g/mol. The molecule has 110 valence electrons. The minimum Gasteiger partial charge on any atom is -0.388 e. The lowest BCUT2D eigenvalue weighted by atomic mass is 10.1. The highest BCUT2D eigenvalue weighted by Gasteiger charge is 2.12. The first-order chi connectivity index (χ1) is 10.1. The summed E-state index contributed by atoms with van der Waals surface area (Å²) in [4.78, 5) is 23.6. The van der Waals surface area contributed by atoms with E-state index in [0.29, 0.717) is 23.4 Å². The minimum absolute atomic E-state index is 0.0511. The van der Waals surface area contributed by atoms with Gasteiger partial charge in [-0.25, -0.2) is 0 Å². The number of rotatable bonds is 6. The number of carbonyl (C=O) groups is 2. The molecule has 0 saturated heterocycles. The van der Waals surface area contributed by atoms with E-state index in [-0.39, 0.29) is 11.7 Å². The van der Waals surface area contributed by atoms with Crippen LogP contribution in [0.2, 0.25) is 0 Å². The fourth-order valence-corrected chi connectivity index (χ4v) is 2.75. The summed E-state index contributed by atoms with van der Waals surface area (Å²) in [6.45, 7) is 1.85. The quantitative estimate of drug-likeness (QED) is 0.806. The first-order valence-electron chi connectivity index (χ1n) is 6.68. The Labute approximate surface area is 127 Å². The second-order valence-corrected chi connectivity index (χ2v) is 5.64. The van der Waals surface area contributed by atoms with Crippen LogP contribution in [-0.4, -0.2) is 23.3 Å². The smallest absolute Gasteiger partial charge is 0.261 e. The van der Waals surface area contributed by atoms with Crippen molar-refractivity contribution in [3.8, 4) is 0 Å². The summed E-state index contributed by atoms with van der Waals surface area (Å²) in [7, 11) is 0. The van der Waals surface area contributed by atoms with E-state index in [4.69, 9.17) is 0 Å². The Morgan fingerprint density at radius 3 is 2.62 bits per heavy atom. The summed E-state index contributed by atoms with van der Waals surface area (Å²) in [6.07, 6.45) is -0.150. The molecule has 4 nitrogen and oxygen atoms in total. The van der Waals surface area contributed by atoms with Gasteiger partial charge in [0.2, 0.25) is 0 Å². The maximum atomic E-state index is 11.9. The van der Waals surface area contributed by atoms with Crippen LogP contribution in [0.1, 0.15) is 45.0 Å². The standard InChI is InChI=1S/C16H17NO3S/c1-11(18)13-9-15(21-10-13)16(20)17-8-7-14(19)12-5-3-2-4-6-12/h2-6,9-10,14,19H,7-8H2,1H3,(H,17,20). The van der Waals surface area contributed by atoms with Crippen LogP contribution in [0.3, 0.4) is 0 Å². The highest BCUT2D eigenvalue weighted by atomic mass is 32.1. The van der Waals surface area contributed by atoms with Gasteiger partial charge in [0, 0.05) is 17.5 Å². The van der Waals surface area contributed by atoms with Crippen LogP contribution in [0.15, 0.2) is 41.8 Å². The van der Waals surface area contributed by atoms with Gasteiger partial charge in [0.25, 0.3) is 5.91 Å². The molecular formula is C16H17NO3S. The van der Waals surface area contributed by atoms with Gasteiger partial charge in [-0.3, -0.25) is 9.59 Å². The zero-order valence-corrected chi connectivity index (χ0v) is 12.5. The van der Waals surface area contributed by atoms with Gasteiger partial charge in [0.1, 0.15) is 0 Å². The molecule has 21 heavy (non-hydrogen) atoms. The van der Waals surface area contributed by atoms with Crippen molar-refractivity contribution in [2.45, 2.75) is 19.4 Å². The van der Waals surface area contributed by atoms with Gasteiger partial charge in [0.15, 0.2) is 5.78 Å². The van der Waals surface area contributed by atoms with Gasteiger partial charge in [-0.05, 0) is 25.0 Å². The maximum absolute atomic E-state index is 11.9. The number of Topliss-reactive ketones (excluding diaryl/α,β-unsaturated/α-hetero) is 1. The Hall–Kier alpha value is -1.98. The second kappa shape index (κ2) is 7.15. The number of aliphatic hydroxyl groups is 1. The summed E-state index contributed by atoms with van der Waals surface area (Å²) < 4.78 is 0. The molecule has 0 spiro atoms. The number of aliphatic hydroxyl groups excluding tert-OH is 1. The van der Waals surface area contributed by atoms with Gasteiger partial charge in [0.05, 0.1) is 11.0 Å². The monoisotopic (exact) mass is 303 g/mol. The predicted molar refractivity (Wildman–Crippen MR) is 82.7 cm³/mol. The summed E-state index contributed by atoms with van der Waals surface area (Å²) in [5.41, 5.74) is 1.39. The van der Waals surface area contributed by atoms with Gasteiger partial charge in [-0.1, -0.05) is 30.3 Å². The number of hydrogen-bond donors (Lipinski definition) is 2. The van der Waals surface area contributed by atoms with Crippen LogP contribution < -0.4 is 5.32 Å². The van der Waals surface area contributed by atoms with Gasteiger partial charge in [-0.15, -0.1) is 11.3 Å². The van der Waals surface area contributed by atoms with Crippen molar-refractivity contribution in [1.29, 1.82) is 0 Å². The van der Waals surface area contributed by atoms with E-state index in [1.54, 1.807) is 11.4 Å². The number of hydrogen-bond acceptors (Lipinski definition) is 4. The second-order valence-electron chi connectivity index (χ2n) is 4.73. The molecule has 2 N–H and O–H groups in total. The van der Waals surface area contributed by atoms with Crippen molar-refractivity contribution in [2.24, 2.45) is 0 Å². The lowest BCUT2D eigenvalue weighted by molar-refractivity contribution is 0.0946. The predicted octanol–water partition coefficient (Wildman–Crippen LogP) is 2.80. The zero-order valence-electron chi connectivity index (χ0n) is 11.7. The Balaban J connectivity index is 1.82. The molecule has 5 heteroatoms. The van der Waals surface area contributed by atoms with Crippen molar-refractivity contribution < 1.29 is 14.7 Å². The Morgan fingerprint density at radius 1 is 1.29 bits per heavy atom. The molecular weight excluding hydrogens is 286 g/mol. The van der Waals surface area contributed by atoms with Crippen LogP contribution in [0.5, 0.6) is 0 Å². The van der Waals surface area contributed by atoms with Crippen LogP contribution in [0, 0.1) is 0 Å². The van der Waals surface area contributed by atoms with E-state index >= 15 is 0 Å². The first kappa shape index (κ1) is 15.4. The minimum atomic E-state index is -0.595. The van der Waals surface area contributed by atoms with Crippen LogP contribution >= 0.6 is 11.3 Å². The van der Waals surface area contributed by atoms with E-state index in [9.17, 15) is 14.7 Å². The maximum Gasteiger partial charge on any atom is 0.261 e. The van der Waals surface area contributed by atoms with Crippen molar-refractivity contribution in [2.75, 3.05) is 6.54 Å². The fourth-order valence-electron chi connectivity index (χ4n) is 1.89. The molecule has 0 aliphatic heterocycles. The number of amides is 1. The first-order valence-corrected chi connectivity index (χ1v) is 7.56. The molecule has 0 aliphatic carbocycles. The number of ketones is 1.